The molecule has 120 valence electrons. The van der Waals surface area contributed by atoms with E-state index in [1.54, 1.807) is 25.4 Å². The highest BCUT2D eigenvalue weighted by atomic mass is 16.5. The average Bonchev–Trinajstić information content (AvgIpc) is 3.04. The van der Waals surface area contributed by atoms with E-state index in [9.17, 15) is 4.79 Å². The second-order valence-corrected chi connectivity index (χ2v) is 5.52. The smallest absolute Gasteiger partial charge is 0.255 e. The van der Waals surface area contributed by atoms with E-state index in [1.165, 1.54) is 17.5 Å². The van der Waals surface area contributed by atoms with Crippen LogP contribution in [0.5, 0.6) is 5.88 Å². The van der Waals surface area contributed by atoms with Crippen molar-refractivity contribution in [2.45, 2.75) is 19.3 Å². The summed E-state index contributed by atoms with van der Waals surface area (Å²) in [5.74, 6) is 0.395. The lowest BCUT2D eigenvalue weighted by Gasteiger charge is -2.08. The van der Waals surface area contributed by atoms with Gasteiger partial charge in [-0.3, -0.25) is 4.79 Å². The summed E-state index contributed by atoms with van der Waals surface area (Å²) in [4.78, 5) is 16.5. The van der Waals surface area contributed by atoms with Crippen molar-refractivity contribution in [3.05, 3.63) is 53.2 Å². The Kier molecular flexibility index (Phi) is 4.88. The van der Waals surface area contributed by atoms with Gasteiger partial charge in [-0.25, -0.2) is 4.98 Å². The number of hydrogen-bond donors (Lipinski definition) is 1. The van der Waals surface area contributed by atoms with E-state index in [-0.39, 0.29) is 5.91 Å². The zero-order valence-electron chi connectivity index (χ0n) is 13.2. The number of rotatable bonds is 6. The number of carbonyl (C=O) groups excluding carboxylic acids is 1. The van der Waals surface area contributed by atoms with E-state index in [1.807, 2.05) is 12.1 Å². The fourth-order valence-electron chi connectivity index (χ4n) is 2.69. The number of methoxy groups -OCH3 is 1. The third kappa shape index (κ3) is 3.87. The Labute approximate surface area is 135 Å². The van der Waals surface area contributed by atoms with E-state index >= 15 is 0 Å². The van der Waals surface area contributed by atoms with E-state index in [0.717, 1.165) is 12.8 Å². The van der Waals surface area contributed by atoms with Gasteiger partial charge in [0.25, 0.3) is 5.91 Å². The number of hydrogen-bond acceptors (Lipinski definition) is 4. The molecule has 0 saturated carbocycles. The molecule has 1 heterocycles. The maximum atomic E-state index is 12.3. The Morgan fingerprint density at radius 3 is 2.83 bits per heavy atom. The zero-order valence-corrected chi connectivity index (χ0v) is 13.2. The van der Waals surface area contributed by atoms with Crippen molar-refractivity contribution in [2.24, 2.45) is 0 Å². The minimum atomic E-state index is -0.116. The molecule has 23 heavy (non-hydrogen) atoms. The molecule has 0 radical (unpaired) electrons. The van der Waals surface area contributed by atoms with Crippen LogP contribution in [0.3, 0.4) is 0 Å². The molecular formula is C18H20N2O3. The van der Waals surface area contributed by atoms with Crippen molar-refractivity contribution in [3.8, 4) is 5.88 Å². The normalized spacial score (nSPS) is 12.7. The highest BCUT2D eigenvalue weighted by Gasteiger charge is 2.14. The quantitative estimate of drug-likeness (QED) is 0.833. The fourth-order valence-corrected chi connectivity index (χ4v) is 2.69. The number of fused-ring (bicyclic) bond motifs is 1. The van der Waals surface area contributed by atoms with E-state index < -0.39 is 0 Å². The third-order valence-corrected chi connectivity index (χ3v) is 3.89. The molecular weight excluding hydrogens is 292 g/mol. The van der Waals surface area contributed by atoms with Crippen molar-refractivity contribution >= 4 is 11.6 Å². The number of nitrogens with one attached hydrogen (secondary N) is 1. The van der Waals surface area contributed by atoms with Crippen LogP contribution in [0, 0.1) is 0 Å². The van der Waals surface area contributed by atoms with Gasteiger partial charge in [0.05, 0.1) is 18.5 Å². The lowest BCUT2D eigenvalue weighted by atomic mass is 10.1. The van der Waals surface area contributed by atoms with Crippen LogP contribution in [0.15, 0.2) is 36.5 Å². The van der Waals surface area contributed by atoms with Crippen molar-refractivity contribution in [1.82, 2.24) is 4.98 Å². The summed E-state index contributed by atoms with van der Waals surface area (Å²) in [6.07, 6.45) is 4.94. The van der Waals surface area contributed by atoms with Crippen LogP contribution in [0.25, 0.3) is 0 Å². The standard InChI is InChI=1S/C18H20N2O3/c1-22-9-10-23-17-8-7-16(12-19-17)20-18(21)15-6-5-13-3-2-4-14(13)11-15/h5-8,11-12H,2-4,9-10H2,1H3,(H,20,21). The highest BCUT2D eigenvalue weighted by Crippen LogP contribution is 2.23. The molecule has 1 aromatic carbocycles. The van der Waals surface area contributed by atoms with Gasteiger partial charge in [0.2, 0.25) is 5.88 Å². The minimum absolute atomic E-state index is 0.116. The summed E-state index contributed by atoms with van der Waals surface area (Å²) >= 11 is 0. The molecule has 5 heteroatoms. The molecule has 0 bridgehead atoms. The highest BCUT2D eigenvalue weighted by molar-refractivity contribution is 6.04. The molecule has 0 unspecified atom stereocenters. The molecule has 2 aromatic rings. The minimum Gasteiger partial charge on any atom is -0.475 e. The Morgan fingerprint density at radius 1 is 1.17 bits per heavy atom. The molecule has 1 N–H and O–H groups in total. The molecule has 0 atom stereocenters. The SMILES string of the molecule is COCCOc1ccc(NC(=O)c2ccc3c(c2)CCC3)cn1. The van der Waals surface area contributed by atoms with Crippen molar-refractivity contribution < 1.29 is 14.3 Å². The fraction of sp³-hybridized carbons (Fsp3) is 0.333. The second-order valence-electron chi connectivity index (χ2n) is 5.52. The van der Waals surface area contributed by atoms with Crippen LogP contribution < -0.4 is 10.1 Å². The van der Waals surface area contributed by atoms with Crippen LogP contribution in [-0.4, -0.2) is 31.2 Å². The maximum absolute atomic E-state index is 12.3. The van der Waals surface area contributed by atoms with Crippen LogP contribution >= 0.6 is 0 Å². The van der Waals surface area contributed by atoms with Gasteiger partial charge < -0.3 is 14.8 Å². The van der Waals surface area contributed by atoms with Crippen molar-refractivity contribution in [3.63, 3.8) is 0 Å². The first-order valence-corrected chi connectivity index (χ1v) is 7.77. The molecule has 5 nitrogen and oxygen atoms in total. The molecule has 1 aliphatic rings. The lowest BCUT2D eigenvalue weighted by molar-refractivity contribution is 0.102. The molecule has 3 rings (SSSR count). The van der Waals surface area contributed by atoms with Crippen molar-refractivity contribution in [2.75, 3.05) is 25.6 Å². The molecule has 1 amide bonds. The Morgan fingerprint density at radius 2 is 2.04 bits per heavy atom. The summed E-state index contributed by atoms with van der Waals surface area (Å²) in [6.45, 7) is 0.961. The van der Waals surface area contributed by atoms with E-state index in [0.29, 0.717) is 30.3 Å². The largest absolute Gasteiger partial charge is 0.475 e. The third-order valence-electron chi connectivity index (χ3n) is 3.89. The summed E-state index contributed by atoms with van der Waals surface area (Å²) in [5, 5.41) is 2.86. The Balaban J connectivity index is 1.61. The van der Waals surface area contributed by atoms with Gasteiger partial charge >= 0.3 is 0 Å². The molecule has 1 aliphatic carbocycles. The van der Waals surface area contributed by atoms with Gasteiger partial charge in [0.15, 0.2) is 0 Å². The van der Waals surface area contributed by atoms with Crippen LogP contribution in [0.1, 0.15) is 27.9 Å². The van der Waals surface area contributed by atoms with Gasteiger partial charge in [0, 0.05) is 18.7 Å². The van der Waals surface area contributed by atoms with Gasteiger partial charge in [-0.1, -0.05) is 6.07 Å². The number of pyridine rings is 1. The monoisotopic (exact) mass is 312 g/mol. The number of nitrogens with zero attached hydrogens (tertiary/aromatic N) is 1. The average molecular weight is 312 g/mol. The first-order chi connectivity index (χ1) is 11.3. The molecule has 0 aliphatic heterocycles. The zero-order chi connectivity index (χ0) is 16.1. The number of ether oxygens (including phenoxy) is 2. The van der Waals surface area contributed by atoms with Crippen LogP contribution in [0.4, 0.5) is 5.69 Å². The first kappa shape index (κ1) is 15.5. The predicted molar refractivity (Wildman–Crippen MR) is 88.0 cm³/mol. The van der Waals surface area contributed by atoms with Crippen molar-refractivity contribution in [1.29, 1.82) is 0 Å². The van der Waals surface area contributed by atoms with Crippen LogP contribution in [-0.2, 0) is 17.6 Å². The van der Waals surface area contributed by atoms with Gasteiger partial charge in [-0.15, -0.1) is 0 Å². The summed E-state index contributed by atoms with van der Waals surface area (Å²) in [6, 6.07) is 9.44. The number of carbonyl (C=O) groups is 1. The number of aryl methyl sites for hydroxylation is 2. The lowest BCUT2D eigenvalue weighted by Crippen LogP contribution is -2.12. The molecule has 0 saturated heterocycles. The molecule has 0 spiro atoms. The second kappa shape index (κ2) is 7.24. The van der Waals surface area contributed by atoms with Gasteiger partial charge in [-0.05, 0) is 48.6 Å². The topological polar surface area (TPSA) is 60.5 Å². The Hall–Kier alpha value is -2.40. The summed E-state index contributed by atoms with van der Waals surface area (Å²) in [7, 11) is 1.62. The van der Waals surface area contributed by atoms with E-state index in [4.69, 9.17) is 9.47 Å². The number of aromatic nitrogens is 1. The summed E-state index contributed by atoms with van der Waals surface area (Å²) in [5.41, 5.74) is 3.99. The maximum Gasteiger partial charge on any atom is 0.255 e. The van der Waals surface area contributed by atoms with Gasteiger partial charge in [-0.2, -0.15) is 0 Å². The number of benzene rings is 1. The number of anilines is 1. The predicted octanol–water partition coefficient (Wildman–Crippen LogP) is 2.85. The number of amides is 1. The van der Waals surface area contributed by atoms with Crippen LogP contribution in [0.2, 0.25) is 0 Å². The molecule has 1 aromatic heterocycles. The molecule has 0 fully saturated rings. The van der Waals surface area contributed by atoms with Gasteiger partial charge in [0.1, 0.15) is 6.61 Å². The summed E-state index contributed by atoms with van der Waals surface area (Å²) < 4.78 is 10.3. The van der Waals surface area contributed by atoms with E-state index in [2.05, 4.69) is 16.4 Å². The first-order valence-electron chi connectivity index (χ1n) is 7.77. The Bertz CT molecular complexity index is 683.